The van der Waals surface area contributed by atoms with Crippen LogP contribution in [0.2, 0.25) is 0 Å². The van der Waals surface area contributed by atoms with E-state index in [0.717, 1.165) is 11.1 Å². The number of nitrogens with zero attached hydrogens (tertiary/aromatic N) is 1. The number of nitrogens with one attached hydrogen (secondary N) is 2. The first kappa shape index (κ1) is 14.0. The molecule has 1 heterocycles. The smallest absolute Gasteiger partial charge is 0.253 e. The van der Waals surface area contributed by atoms with Crippen LogP contribution in [0.3, 0.4) is 0 Å². The zero-order chi connectivity index (χ0) is 14.5. The molecule has 5 heteroatoms. The Morgan fingerprint density at radius 3 is 2.80 bits per heavy atom. The molecule has 0 saturated carbocycles. The molecule has 2 rings (SSSR count). The quantitative estimate of drug-likeness (QED) is 0.587. The zero-order valence-corrected chi connectivity index (χ0v) is 11.6. The predicted molar refractivity (Wildman–Crippen MR) is 79.1 cm³/mol. The molecule has 1 unspecified atom stereocenters. The predicted octanol–water partition coefficient (Wildman–Crippen LogP) is 2.17. The van der Waals surface area contributed by atoms with Crippen molar-refractivity contribution in [1.82, 2.24) is 10.3 Å². The van der Waals surface area contributed by atoms with Crippen LogP contribution in [0.5, 0.6) is 0 Å². The van der Waals surface area contributed by atoms with Gasteiger partial charge < -0.3 is 10.7 Å². The van der Waals surface area contributed by atoms with Crippen molar-refractivity contribution in [2.75, 3.05) is 5.43 Å². The van der Waals surface area contributed by atoms with Gasteiger partial charge in [0, 0.05) is 12.4 Å². The monoisotopic (exact) mass is 270 g/mol. The average molecular weight is 270 g/mol. The van der Waals surface area contributed by atoms with Gasteiger partial charge in [0.1, 0.15) is 0 Å². The topological polar surface area (TPSA) is 80.0 Å². The van der Waals surface area contributed by atoms with Crippen LogP contribution in [0.15, 0.2) is 42.7 Å². The van der Waals surface area contributed by atoms with Crippen LogP contribution in [0.1, 0.15) is 34.5 Å². The average Bonchev–Trinajstić information content (AvgIpc) is 2.47. The number of aryl methyl sites for hydroxylation is 1. The fraction of sp³-hybridized carbons (Fsp3) is 0.200. The molecule has 1 atom stereocenters. The van der Waals surface area contributed by atoms with E-state index in [0.29, 0.717) is 11.3 Å². The second-order valence-electron chi connectivity index (χ2n) is 4.67. The van der Waals surface area contributed by atoms with Gasteiger partial charge in [-0.3, -0.25) is 15.6 Å². The number of aromatic nitrogens is 1. The Kier molecular flexibility index (Phi) is 4.32. The number of amides is 1. The number of hydrazine groups is 1. The Balaban J connectivity index is 2.16. The van der Waals surface area contributed by atoms with Crippen molar-refractivity contribution in [3.63, 3.8) is 0 Å². The summed E-state index contributed by atoms with van der Waals surface area (Å²) in [6.07, 6.45) is 3.44. The van der Waals surface area contributed by atoms with E-state index in [1.54, 1.807) is 18.5 Å². The number of anilines is 1. The molecule has 0 radical (unpaired) electrons. The minimum Gasteiger partial charge on any atom is -0.345 e. The Hall–Kier alpha value is -2.40. The molecule has 0 bridgehead atoms. The number of pyridine rings is 1. The van der Waals surface area contributed by atoms with Crippen LogP contribution in [0, 0.1) is 6.92 Å². The lowest BCUT2D eigenvalue weighted by molar-refractivity contribution is 0.0940. The van der Waals surface area contributed by atoms with Gasteiger partial charge in [-0.15, -0.1) is 0 Å². The minimum absolute atomic E-state index is 0.122. The summed E-state index contributed by atoms with van der Waals surface area (Å²) in [7, 11) is 0. The number of benzene rings is 1. The summed E-state index contributed by atoms with van der Waals surface area (Å²) in [5.74, 6) is 5.29. The van der Waals surface area contributed by atoms with E-state index in [4.69, 9.17) is 5.84 Å². The van der Waals surface area contributed by atoms with Gasteiger partial charge in [0.15, 0.2) is 0 Å². The SMILES string of the molecule is Cc1ccc(C(=O)NC(C)c2cccnc2)c(NN)c1. The summed E-state index contributed by atoms with van der Waals surface area (Å²) in [5, 5.41) is 2.93. The number of rotatable bonds is 4. The summed E-state index contributed by atoms with van der Waals surface area (Å²) < 4.78 is 0. The molecule has 0 spiro atoms. The van der Waals surface area contributed by atoms with Crippen molar-refractivity contribution in [2.45, 2.75) is 19.9 Å². The van der Waals surface area contributed by atoms with Crippen molar-refractivity contribution < 1.29 is 4.79 Å². The Bertz CT molecular complexity index is 598. The Labute approximate surface area is 118 Å². The summed E-state index contributed by atoms with van der Waals surface area (Å²) in [6, 6.07) is 9.12. The van der Waals surface area contributed by atoms with E-state index in [-0.39, 0.29) is 11.9 Å². The molecule has 5 nitrogen and oxygen atoms in total. The Morgan fingerprint density at radius 2 is 2.15 bits per heavy atom. The van der Waals surface area contributed by atoms with Crippen LogP contribution in [-0.2, 0) is 0 Å². The highest BCUT2D eigenvalue weighted by Crippen LogP contribution is 2.18. The molecular formula is C15H18N4O. The number of nitrogen functional groups attached to an aromatic ring is 1. The fourth-order valence-corrected chi connectivity index (χ4v) is 1.97. The normalized spacial score (nSPS) is 11.8. The van der Waals surface area contributed by atoms with E-state index < -0.39 is 0 Å². The lowest BCUT2D eigenvalue weighted by atomic mass is 10.1. The molecule has 0 aliphatic rings. The first-order chi connectivity index (χ1) is 9.61. The van der Waals surface area contributed by atoms with Crippen molar-refractivity contribution in [3.05, 3.63) is 59.4 Å². The number of hydrogen-bond donors (Lipinski definition) is 3. The van der Waals surface area contributed by atoms with Gasteiger partial charge in [-0.05, 0) is 43.2 Å². The molecule has 1 aromatic heterocycles. The van der Waals surface area contributed by atoms with Gasteiger partial charge in [-0.2, -0.15) is 0 Å². The summed E-state index contributed by atoms with van der Waals surface area (Å²) in [4.78, 5) is 16.3. The third-order valence-corrected chi connectivity index (χ3v) is 3.11. The summed E-state index contributed by atoms with van der Waals surface area (Å²) in [5.41, 5.74) is 5.68. The molecule has 104 valence electrons. The lowest BCUT2D eigenvalue weighted by Crippen LogP contribution is -2.28. The maximum absolute atomic E-state index is 12.3. The fourth-order valence-electron chi connectivity index (χ4n) is 1.97. The van der Waals surface area contributed by atoms with Gasteiger partial charge in [-0.25, -0.2) is 0 Å². The maximum atomic E-state index is 12.3. The first-order valence-electron chi connectivity index (χ1n) is 6.40. The minimum atomic E-state index is -0.172. The molecule has 2 aromatic rings. The molecule has 0 aliphatic heterocycles. The van der Waals surface area contributed by atoms with Crippen molar-refractivity contribution in [1.29, 1.82) is 0 Å². The molecule has 20 heavy (non-hydrogen) atoms. The number of carbonyl (C=O) groups is 1. The first-order valence-corrected chi connectivity index (χ1v) is 6.40. The molecule has 1 aromatic carbocycles. The second kappa shape index (κ2) is 6.16. The van der Waals surface area contributed by atoms with E-state index in [1.807, 2.05) is 38.1 Å². The van der Waals surface area contributed by atoms with Crippen LogP contribution >= 0.6 is 0 Å². The molecule has 0 saturated heterocycles. The lowest BCUT2D eigenvalue weighted by Gasteiger charge is -2.16. The number of carbonyl (C=O) groups excluding carboxylic acids is 1. The third kappa shape index (κ3) is 3.13. The van der Waals surface area contributed by atoms with Crippen LogP contribution in [-0.4, -0.2) is 10.9 Å². The Morgan fingerprint density at radius 1 is 1.35 bits per heavy atom. The van der Waals surface area contributed by atoms with Gasteiger partial charge >= 0.3 is 0 Å². The highest BCUT2D eigenvalue weighted by atomic mass is 16.1. The van der Waals surface area contributed by atoms with E-state index in [2.05, 4.69) is 15.7 Å². The van der Waals surface area contributed by atoms with Crippen molar-refractivity contribution in [3.8, 4) is 0 Å². The highest BCUT2D eigenvalue weighted by molar-refractivity contribution is 5.99. The second-order valence-corrected chi connectivity index (χ2v) is 4.67. The van der Waals surface area contributed by atoms with Crippen molar-refractivity contribution in [2.24, 2.45) is 5.84 Å². The standard InChI is InChI=1S/C15H18N4O/c1-10-5-6-13(14(8-10)19-16)15(20)18-11(2)12-4-3-7-17-9-12/h3-9,11,19H,16H2,1-2H3,(H,18,20). The summed E-state index contributed by atoms with van der Waals surface area (Å²) in [6.45, 7) is 3.86. The molecule has 0 aliphatic carbocycles. The van der Waals surface area contributed by atoms with Crippen LogP contribution in [0.25, 0.3) is 0 Å². The molecule has 1 amide bonds. The molecule has 4 N–H and O–H groups in total. The van der Waals surface area contributed by atoms with Crippen molar-refractivity contribution >= 4 is 11.6 Å². The van der Waals surface area contributed by atoms with Gasteiger partial charge in [-0.1, -0.05) is 12.1 Å². The van der Waals surface area contributed by atoms with Crippen LogP contribution < -0.4 is 16.6 Å². The molecular weight excluding hydrogens is 252 g/mol. The largest absolute Gasteiger partial charge is 0.345 e. The van der Waals surface area contributed by atoms with Crippen LogP contribution in [0.4, 0.5) is 5.69 Å². The van der Waals surface area contributed by atoms with E-state index in [9.17, 15) is 4.79 Å². The van der Waals surface area contributed by atoms with E-state index >= 15 is 0 Å². The van der Waals surface area contributed by atoms with E-state index in [1.165, 1.54) is 0 Å². The van der Waals surface area contributed by atoms with Gasteiger partial charge in [0.2, 0.25) is 0 Å². The molecule has 0 fully saturated rings. The number of hydrogen-bond acceptors (Lipinski definition) is 4. The third-order valence-electron chi connectivity index (χ3n) is 3.11. The maximum Gasteiger partial charge on any atom is 0.253 e. The summed E-state index contributed by atoms with van der Waals surface area (Å²) >= 11 is 0. The van der Waals surface area contributed by atoms with Gasteiger partial charge in [0.05, 0.1) is 17.3 Å². The highest BCUT2D eigenvalue weighted by Gasteiger charge is 2.14. The zero-order valence-electron chi connectivity index (χ0n) is 11.6. The van der Waals surface area contributed by atoms with Gasteiger partial charge in [0.25, 0.3) is 5.91 Å². The number of nitrogens with two attached hydrogens (primary N) is 1.